The molecule has 1 aromatic carbocycles. The molecule has 24 heavy (non-hydrogen) atoms. The van der Waals surface area contributed by atoms with Crippen molar-refractivity contribution in [3.63, 3.8) is 0 Å². The number of carbonyl (C=O) groups is 1. The second-order valence-electron chi connectivity index (χ2n) is 5.60. The molecule has 3 rings (SSSR count). The monoisotopic (exact) mass is 327 g/mol. The van der Waals surface area contributed by atoms with Gasteiger partial charge < -0.3 is 9.47 Å². The van der Waals surface area contributed by atoms with Gasteiger partial charge in [0.2, 0.25) is 5.91 Å². The van der Waals surface area contributed by atoms with Crippen molar-refractivity contribution < 1.29 is 14.3 Å². The lowest BCUT2D eigenvalue weighted by atomic mass is 10.2. The van der Waals surface area contributed by atoms with Crippen LogP contribution in [0.2, 0.25) is 0 Å². The van der Waals surface area contributed by atoms with E-state index < -0.39 is 0 Å². The molecule has 0 saturated carbocycles. The van der Waals surface area contributed by atoms with Crippen LogP contribution in [0.1, 0.15) is 24.0 Å². The molecule has 6 nitrogen and oxygen atoms in total. The van der Waals surface area contributed by atoms with Crippen molar-refractivity contribution in [3.8, 4) is 11.5 Å². The number of para-hydroxylation sites is 2. The summed E-state index contributed by atoms with van der Waals surface area (Å²) in [7, 11) is 1.61. The largest absolute Gasteiger partial charge is 0.493 e. The van der Waals surface area contributed by atoms with Gasteiger partial charge in [-0.15, -0.1) is 0 Å². The molecule has 1 amide bonds. The van der Waals surface area contributed by atoms with E-state index in [9.17, 15) is 4.79 Å². The molecule has 126 valence electrons. The van der Waals surface area contributed by atoms with E-state index in [2.05, 4.69) is 9.97 Å². The summed E-state index contributed by atoms with van der Waals surface area (Å²) in [6.45, 7) is 4.76. The van der Waals surface area contributed by atoms with Crippen LogP contribution in [0.15, 0.2) is 24.3 Å². The summed E-state index contributed by atoms with van der Waals surface area (Å²) in [5.74, 6) is 2.88. The number of fused-ring (bicyclic) bond motifs is 1. The minimum absolute atomic E-state index is 0.0410. The van der Waals surface area contributed by atoms with Gasteiger partial charge in [-0.1, -0.05) is 19.1 Å². The van der Waals surface area contributed by atoms with Crippen LogP contribution < -0.4 is 14.4 Å². The van der Waals surface area contributed by atoms with E-state index >= 15 is 0 Å². The Hall–Kier alpha value is -2.63. The SMILES string of the molecule is CCc1nc(C)c2c(n1)N(CCOc1ccccc1OC)C(=O)C2. The summed E-state index contributed by atoms with van der Waals surface area (Å²) in [6, 6.07) is 7.46. The normalized spacial score (nSPS) is 13.1. The molecule has 0 unspecified atom stereocenters. The first kappa shape index (κ1) is 16.2. The topological polar surface area (TPSA) is 64.6 Å². The van der Waals surface area contributed by atoms with E-state index in [1.807, 2.05) is 38.1 Å². The van der Waals surface area contributed by atoms with Gasteiger partial charge in [-0.3, -0.25) is 9.69 Å². The molecule has 0 aliphatic carbocycles. The quantitative estimate of drug-likeness (QED) is 0.815. The molecule has 1 aliphatic heterocycles. The lowest BCUT2D eigenvalue weighted by Gasteiger charge is -2.18. The van der Waals surface area contributed by atoms with Gasteiger partial charge >= 0.3 is 0 Å². The Morgan fingerprint density at radius 3 is 2.67 bits per heavy atom. The number of methoxy groups -OCH3 is 1. The van der Waals surface area contributed by atoms with E-state index in [1.54, 1.807) is 12.0 Å². The average molecular weight is 327 g/mol. The first-order chi connectivity index (χ1) is 11.6. The maximum atomic E-state index is 12.3. The summed E-state index contributed by atoms with van der Waals surface area (Å²) >= 11 is 0. The van der Waals surface area contributed by atoms with Crippen molar-refractivity contribution in [2.24, 2.45) is 0 Å². The van der Waals surface area contributed by atoms with Crippen molar-refractivity contribution in [3.05, 3.63) is 41.3 Å². The van der Waals surface area contributed by atoms with Gasteiger partial charge in [0.15, 0.2) is 11.5 Å². The molecule has 0 spiro atoms. The zero-order valence-electron chi connectivity index (χ0n) is 14.2. The fourth-order valence-electron chi connectivity index (χ4n) is 2.81. The second-order valence-corrected chi connectivity index (χ2v) is 5.60. The highest BCUT2D eigenvalue weighted by molar-refractivity contribution is 6.00. The zero-order chi connectivity index (χ0) is 17.1. The molecule has 0 bridgehead atoms. The third-order valence-electron chi connectivity index (χ3n) is 4.08. The summed E-state index contributed by atoms with van der Waals surface area (Å²) in [5.41, 5.74) is 1.81. The van der Waals surface area contributed by atoms with Crippen LogP contribution in [0, 0.1) is 6.92 Å². The molecule has 2 aromatic rings. The van der Waals surface area contributed by atoms with E-state index in [1.165, 1.54) is 0 Å². The van der Waals surface area contributed by atoms with Crippen molar-refractivity contribution in [2.75, 3.05) is 25.2 Å². The first-order valence-corrected chi connectivity index (χ1v) is 8.06. The molecule has 0 atom stereocenters. The highest BCUT2D eigenvalue weighted by Gasteiger charge is 2.31. The molecule has 6 heteroatoms. The van der Waals surface area contributed by atoms with Crippen LogP contribution >= 0.6 is 0 Å². The fourth-order valence-corrected chi connectivity index (χ4v) is 2.81. The summed E-state index contributed by atoms with van der Waals surface area (Å²) < 4.78 is 11.0. The second kappa shape index (κ2) is 6.86. The number of amides is 1. The lowest BCUT2D eigenvalue weighted by molar-refractivity contribution is -0.117. The van der Waals surface area contributed by atoms with Gasteiger partial charge in [-0.05, 0) is 19.1 Å². The van der Waals surface area contributed by atoms with Crippen molar-refractivity contribution >= 4 is 11.7 Å². The smallest absolute Gasteiger partial charge is 0.232 e. The Morgan fingerprint density at radius 1 is 1.21 bits per heavy atom. The third-order valence-corrected chi connectivity index (χ3v) is 4.08. The lowest BCUT2D eigenvalue weighted by Crippen LogP contribution is -2.32. The highest BCUT2D eigenvalue weighted by atomic mass is 16.5. The molecule has 0 N–H and O–H groups in total. The van der Waals surface area contributed by atoms with Gasteiger partial charge in [-0.2, -0.15) is 0 Å². The van der Waals surface area contributed by atoms with E-state index in [-0.39, 0.29) is 5.91 Å². The number of ether oxygens (including phenoxy) is 2. The zero-order valence-corrected chi connectivity index (χ0v) is 14.2. The number of benzene rings is 1. The van der Waals surface area contributed by atoms with Crippen molar-refractivity contribution in [1.82, 2.24) is 9.97 Å². The number of carbonyl (C=O) groups excluding carboxylic acids is 1. The number of aryl methyl sites for hydroxylation is 2. The van der Waals surface area contributed by atoms with Crippen LogP contribution in [-0.4, -0.2) is 36.1 Å². The summed E-state index contributed by atoms with van der Waals surface area (Å²) in [6.07, 6.45) is 1.10. The third kappa shape index (κ3) is 3.04. The van der Waals surface area contributed by atoms with Crippen LogP contribution in [0.5, 0.6) is 11.5 Å². The molecule has 0 fully saturated rings. The van der Waals surface area contributed by atoms with E-state index in [4.69, 9.17) is 9.47 Å². The predicted octanol–water partition coefficient (Wildman–Crippen LogP) is 2.32. The summed E-state index contributed by atoms with van der Waals surface area (Å²) in [5, 5.41) is 0. The Bertz CT molecular complexity index is 761. The Balaban J connectivity index is 1.73. The number of rotatable bonds is 6. The molecule has 0 radical (unpaired) electrons. The molecular weight excluding hydrogens is 306 g/mol. The first-order valence-electron chi connectivity index (χ1n) is 8.06. The molecule has 0 saturated heterocycles. The number of nitrogens with zero attached hydrogens (tertiary/aromatic N) is 3. The van der Waals surface area contributed by atoms with E-state index in [0.717, 1.165) is 29.3 Å². The Morgan fingerprint density at radius 2 is 1.96 bits per heavy atom. The van der Waals surface area contributed by atoms with Crippen LogP contribution in [0.3, 0.4) is 0 Å². The van der Waals surface area contributed by atoms with Crippen LogP contribution in [0.4, 0.5) is 5.82 Å². The number of hydrogen-bond acceptors (Lipinski definition) is 5. The van der Waals surface area contributed by atoms with Gasteiger partial charge in [0.25, 0.3) is 0 Å². The molecular formula is C18H21N3O3. The maximum absolute atomic E-state index is 12.3. The van der Waals surface area contributed by atoms with Gasteiger partial charge in [0.05, 0.1) is 20.1 Å². The van der Waals surface area contributed by atoms with Crippen molar-refractivity contribution in [1.29, 1.82) is 0 Å². The highest BCUT2D eigenvalue weighted by Crippen LogP contribution is 2.29. The van der Waals surface area contributed by atoms with Crippen LogP contribution in [-0.2, 0) is 17.6 Å². The number of aromatic nitrogens is 2. The standard InChI is InChI=1S/C18H21N3O3/c1-4-16-19-12(2)13-11-17(22)21(18(13)20-16)9-10-24-15-8-6-5-7-14(15)23-3/h5-8H,4,9-11H2,1-3H3. The Kier molecular flexibility index (Phi) is 4.64. The summed E-state index contributed by atoms with van der Waals surface area (Å²) in [4.78, 5) is 23.0. The van der Waals surface area contributed by atoms with Crippen molar-refractivity contribution in [2.45, 2.75) is 26.7 Å². The average Bonchev–Trinajstić information content (AvgIpc) is 2.92. The fraction of sp³-hybridized carbons (Fsp3) is 0.389. The van der Waals surface area contributed by atoms with Gasteiger partial charge in [0, 0.05) is 17.7 Å². The molecule has 1 aromatic heterocycles. The van der Waals surface area contributed by atoms with Crippen LogP contribution in [0.25, 0.3) is 0 Å². The minimum atomic E-state index is 0.0410. The predicted molar refractivity (Wildman–Crippen MR) is 90.7 cm³/mol. The number of hydrogen-bond donors (Lipinski definition) is 0. The number of anilines is 1. The molecule has 1 aliphatic rings. The van der Waals surface area contributed by atoms with E-state index in [0.29, 0.717) is 31.1 Å². The molecule has 2 heterocycles. The van der Waals surface area contributed by atoms with Gasteiger partial charge in [0.1, 0.15) is 18.2 Å². The Labute approximate surface area is 141 Å². The maximum Gasteiger partial charge on any atom is 0.232 e. The van der Waals surface area contributed by atoms with Gasteiger partial charge in [-0.25, -0.2) is 9.97 Å². The minimum Gasteiger partial charge on any atom is -0.493 e.